The van der Waals surface area contributed by atoms with E-state index in [9.17, 15) is 9.18 Å². The van der Waals surface area contributed by atoms with Crippen LogP contribution in [0.3, 0.4) is 0 Å². The predicted molar refractivity (Wildman–Crippen MR) is 91.3 cm³/mol. The predicted octanol–water partition coefficient (Wildman–Crippen LogP) is 2.33. The molecule has 24 heavy (non-hydrogen) atoms. The molecule has 1 aliphatic carbocycles. The molecule has 0 radical (unpaired) electrons. The maximum Gasteiger partial charge on any atom is 0.230 e. The summed E-state index contributed by atoms with van der Waals surface area (Å²) in [5.74, 6) is 0.277. The maximum atomic E-state index is 13.1. The minimum atomic E-state index is -0.444. The highest BCUT2D eigenvalue weighted by Crippen LogP contribution is 2.48. The van der Waals surface area contributed by atoms with Gasteiger partial charge in [-0.25, -0.2) is 4.39 Å². The third kappa shape index (κ3) is 3.62. The van der Waals surface area contributed by atoms with Crippen molar-refractivity contribution in [1.29, 1.82) is 0 Å². The minimum absolute atomic E-state index is 0.0769. The van der Waals surface area contributed by atoms with Crippen molar-refractivity contribution in [1.82, 2.24) is 10.2 Å². The Hall–Kier alpha value is -1.46. The summed E-state index contributed by atoms with van der Waals surface area (Å²) in [4.78, 5) is 15.2. The fraction of sp³-hybridized carbons (Fsp3) is 0.632. The molecule has 4 nitrogen and oxygen atoms in total. The van der Waals surface area contributed by atoms with Crippen LogP contribution in [0.2, 0.25) is 0 Å². The molecule has 5 heteroatoms. The van der Waals surface area contributed by atoms with E-state index in [-0.39, 0.29) is 11.7 Å². The first-order valence-corrected chi connectivity index (χ1v) is 8.89. The van der Waals surface area contributed by atoms with Crippen LogP contribution in [-0.4, -0.2) is 49.7 Å². The van der Waals surface area contributed by atoms with Crippen molar-refractivity contribution in [2.24, 2.45) is 5.92 Å². The first-order chi connectivity index (χ1) is 11.5. The molecule has 0 spiro atoms. The SMILES string of the molecule is CC(C)C(CNC(=O)C1(c2ccc(F)cc2)CC1)N1CCOCC1. The van der Waals surface area contributed by atoms with Crippen molar-refractivity contribution in [2.45, 2.75) is 38.1 Å². The third-order valence-corrected chi connectivity index (χ3v) is 5.34. The van der Waals surface area contributed by atoms with Gasteiger partial charge in [-0.15, -0.1) is 0 Å². The lowest BCUT2D eigenvalue weighted by molar-refractivity contribution is -0.124. The molecule has 0 aromatic heterocycles. The number of nitrogens with zero attached hydrogens (tertiary/aromatic N) is 1. The first kappa shape index (κ1) is 17.4. The molecule has 1 amide bonds. The molecule has 3 rings (SSSR count). The molecule has 1 aliphatic heterocycles. The van der Waals surface area contributed by atoms with Crippen molar-refractivity contribution >= 4 is 5.91 Å². The Balaban J connectivity index is 1.62. The normalized spacial score (nSPS) is 21.5. The van der Waals surface area contributed by atoms with E-state index in [0.717, 1.165) is 44.7 Å². The van der Waals surface area contributed by atoms with E-state index in [2.05, 4.69) is 24.1 Å². The number of halogens is 1. The first-order valence-electron chi connectivity index (χ1n) is 8.89. The van der Waals surface area contributed by atoms with Gasteiger partial charge in [0.15, 0.2) is 0 Å². The van der Waals surface area contributed by atoms with Crippen LogP contribution in [0.1, 0.15) is 32.3 Å². The molecule has 1 aromatic carbocycles. The fourth-order valence-electron chi connectivity index (χ4n) is 3.60. The fourth-order valence-corrected chi connectivity index (χ4v) is 3.60. The zero-order chi connectivity index (χ0) is 17.2. The van der Waals surface area contributed by atoms with Crippen molar-refractivity contribution < 1.29 is 13.9 Å². The second-order valence-corrected chi connectivity index (χ2v) is 7.26. The molecular formula is C19H27FN2O2. The van der Waals surface area contributed by atoms with E-state index in [1.807, 2.05) is 0 Å². The molecule has 132 valence electrons. The summed E-state index contributed by atoms with van der Waals surface area (Å²) >= 11 is 0. The molecule has 1 N–H and O–H groups in total. The van der Waals surface area contributed by atoms with Gasteiger partial charge in [0.25, 0.3) is 0 Å². The van der Waals surface area contributed by atoms with Crippen LogP contribution < -0.4 is 5.32 Å². The molecule has 1 saturated heterocycles. The van der Waals surface area contributed by atoms with Crippen molar-refractivity contribution in [3.63, 3.8) is 0 Å². The highest BCUT2D eigenvalue weighted by molar-refractivity contribution is 5.91. The van der Waals surface area contributed by atoms with Gasteiger partial charge < -0.3 is 10.1 Å². The van der Waals surface area contributed by atoms with Crippen molar-refractivity contribution in [3.05, 3.63) is 35.6 Å². The summed E-state index contributed by atoms with van der Waals surface area (Å²) in [6.45, 7) is 8.40. The smallest absolute Gasteiger partial charge is 0.230 e. The second kappa shape index (κ2) is 7.19. The number of carbonyl (C=O) groups is 1. The van der Waals surface area contributed by atoms with Gasteiger partial charge in [0, 0.05) is 25.7 Å². The van der Waals surface area contributed by atoms with Crippen molar-refractivity contribution in [2.75, 3.05) is 32.8 Å². The Kier molecular flexibility index (Phi) is 5.21. The van der Waals surface area contributed by atoms with Gasteiger partial charge in [-0.3, -0.25) is 9.69 Å². The molecule has 2 fully saturated rings. The van der Waals surface area contributed by atoms with Crippen LogP contribution in [-0.2, 0) is 14.9 Å². The number of hydrogen-bond donors (Lipinski definition) is 1. The van der Waals surface area contributed by atoms with Crippen LogP contribution in [0.15, 0.2) is 24.3 Å². The number of rotatable bonds is 6. The molecule has 2 aliphatic rings. The second-order valence-electron chi connectivity index (χ2n) is 7.26. The standard InChI is InChI=1S/C19H27FN2O2/c1-14(2)17(22-9-11-24-12-10-22)13-21-18(23)19(7-8-19)15-3-5-16(20)6-4-15/h3-6,14,17H,7-13H2,1-2H3,(H,21,23). The zero-order valence-electron chi connectivity index (χ0n) is 14.6. The number of hydrogen-bond acceptors (Lipinski definition) is 3. The summed E-state index contributed by atoms with van der Waals surface area (Å²) in [7, 11) is 0. The lowest BCUT2D eigenvalue weighted by Gasteiger charge is -2.37. The molecule has 0 bridgehead atoms. The molecule has 1 unspecified atom stereocenters. The largest absolute Gasteiger partial charge is 0.379 e. The highest BCUT2D eigenvalue weighted by Gasteiger charge is 2.51. The number of carbonyl (C=O) groups excluding carboxylic acids is 1. The van der Waals surface area contributed by atoms with Crippen LogP contribution >= 0.6 is 0 Å². The van der Waals surface area contributed by atoms with Gasteiger partial charge in [0.2, 0.25) is 5.91 Å². The van der Waals surface area contributed by atoms with Gasteiger partial charge in [-0.1, -0.05) is 26.0 Å². The lowest BCUT2D eigenvalue weighted by Crippen LogP contribution is -2.52. The van der Waals surface area contributed by atoms with E-state index >= 15 is 0 Å². The van der Waals surface area contributed by atoms with E-state index in [1.54, 1.807) is 12.1 Å². The number of nitrogens with one attached hydrogen (secondary N) is 1. The topological polar surface area (TPSA) is 41.6 Å². The third-order valence-electron chi connectivity index (χ3n) is 5.34. The van der Waals surface area contributed by atoms with Gasteiger partial charge in [0.1, 0.15) is 5.82 Å². The number of ether oxygens (including phenoxy) is 1. The van der Waals surface area contributed by atoms with Gasteiger partial charge in [-0.2, -0.15) is 0 Å². The summed E-state index contributed by atoms with van der Waals surface area (Å²) in [6, 6.07) is 6.68. The van der Waals surface area contributed by atoms with Crippen LogP contribution in [0, 0.1) is 11.7 Å². The molecule has 1 atom stereocenters. The minimum Gasteiger partial charge on any atom is -0.379 e. The number of morpholine rings is 1. The monoisotopic (exact) mass is 334 g/mol. The molecule has 1 heterocycles. The zero-order valence-corrected chi connectivity index (χ0v) is 14.6. The van der Waals surface area contributed by atoms with Crippen LogP contribution in [0.25, 0.3) is 0 Å². The Labute approximate surface area is 143 Å². The quantitative estimate of drug-likeness (QED) is 0.868. The Bertz CT molecular complexity index is 563. The maximum absolute atomic E-state index is 13.1. The van der Waals surface area contributed by atoms with Crippen LogP contribution in [0.4, 0.5) is 4.39 Å². The molecule has 1 saturated carbocycles. The van der Waals surface area contributed by atoms with Gasteiger partial charge in [0.05, 0.1) is 18.6 Å². The van der Waals surface area contributed by atoms with E-state index < -0.39 is 5.41 Å². The summed E-state index contributed by atoms with van der Waals surface area (Å²) in [5.41, 5.74) is 0.481. The van der Waals surface area contributed by atoms with E-state index in [0.29, 0.717) is 18.5 Å². The highest BCUT2D eigenvalue weighted by atomic mass is 19.1. The summed E-state index contributed by atoms with van der Waals surface area (Å²) in [6.07, 6.45) is 1.68. The van der Waals surface area contributed by atoms with Crippen molar-refractivity contribution in [3.8, 4) is 0 Å². The summed E-state index contributed by atoms with van der Waals surface area (Å²) < 4.78 is 18.6. The molecule has 1 aromatic rings. The summed E-state index contributed by atoms with van der Waals surface area (Å²) in [5, 5.41) is 3.16. The van der Waals surface area contributed by atoms with Gasteiger partial charge in [-0.05, 0) is 36.5 Å². The lowest BCUT2D eigenvalue weighted by atomic mass is 9.94. The Morgan fingerprint density at radius 1 is 1.25 bits per heavy atom. The average Bonchev–Trinajstić information content (AvgIpc) is 3.38. The van der Waals surface area contributed by atoms with Gasteiger partial charge >= 0.3 is 0 Å². The Morgan fingerprint density at radius 2 is 1.88 bits per heavy atom. The number of benzene rings is 1. The van der Waals surface area contributed by atoms with E-state index in [1.165, 1.54) is 12.1 Å². The Morgan fingerprint density at radius 3 is 2.42 bits per heavy atom. The van der Waals surface area contributed by atoms with Crippen LogP contribution in [0.5, 0.6) is 0 Å². The molecular weight excluding hydrogens is 307 g/mol. The van der Waals surface area contributed by atoms with E-state index in [4.69, 9.17) is 4.74 Å². The number of amides is 1. The average molecular weight is 334 g/mol.